The van der Waals surface area contributed by atoms with Crippen LogP contribution in [0.2, 0.25) is 0 Å². The summed E-state index contributed by atoms with van der Waals surface area (Å²) in [5, 5.41) is 14.1. The molecule has 1 N–H and O–H groups in total. The Morgan fingerprint density at radius 3 is 2.62 bits per heavy atom. The monoisotopic (exact) mass is 404 g/mol. The van der Waals surface area contributed by atoms with Gasteiger partial charge < -0.3 is 10.1 Å². The van der Waals surface area contributed by atoms with Crippen molar-refractivity contribution in [3.05, 3.63) is 71.6 Å². The molecule has 0 aliphatic rings. The number of amides is 1. The van der Waals surface area contributed by atoms with Gasteiger partial charge in [0.15, 0.2) is 6.61 Å². The van der Waals surface area contributed by atoms with E-state index in [4.69, 9.17) is 10.00 Å². The molecule has 8 heteroatoms. The van der Waals surface area contributed by atoms with Crippen LogP contribution in [-0.4, -0.2) is 22.5 Å². The van der Waals surface area contributed by atoms with Crippen molar-refractivity contribution in [2.75, 3.05) is 11.9 Å². The summed E-state index contributed by atoms with van der Waals surface area (Å²) in [7, 11) is 0. The fourth-order valence-corrected chi connectivity index (χ4v) is 3.66. The summed E-state index contributed by atoms with van der Waals surface area (Å²) < 4.78 is 18.9. The van der Waals surface area contributed by atoms with Crippen LogP contribution in [0.1, 0.15) is 5.56 Å². The van der Waals surface area contributed by atoms with E-state index < -0.39 is 0 Å². The number of nitrogens with one attached hydrogen (secondary N) is 1. The van der Waals surface area contributed by atoms with Crippen LogP contribution in [-0.2, 0) is 4.79 Å². The molecule has 1 amide bonds. The van der Waals surface area contributed by atoms with Crippen LogP contribution in [0.3, 0.4) is 0 Å². The zero-order chi connectivity index (χ0) is 20.2. The molecule has 0 fully saturated rings. The fraction of sp³-hybridized carbons (Fsp3) is 0.0476. The maximum absolute atomic E-state index is 13.2. The molecule has 0 unspecified atom stereocenters. The SMILES string of the molecule is N#Cc1ccc(NC(=O)COc2ncnc3scc(-c4ccc(F)cc4)c23)cc1. The molecule has 0 radical (unpaired) electrons. The van der Waals surface area contributed by atoms with Gasteiger partial charge >= 0.3 is 0 Å². The number of thiophene rings is 1. The molecule has 0 saturated heterocycles. The quantitative estimate of drug-likeness (QED) is 0.533. The van der Waals surface area contributed by atoms with E-state index in [1.54, 1.807) is 36.4 Å². The number of halogens is 1. The lowest BCUT2D eigenvalue weighted by atomic mass is 10.1. The normalized spacial score (nSPS) is 10.5. The fourth-order valence-electron chi connectivity index (χ4n) is 2.76. The van der Waals surface area contributed by atoms with Crippen molar-refractivity contribution in [1.29, 1.82) is 5.26 Å². The van der Waals surface area contributed by atoms with Crippen LogP contribution in [0.4, 0.5) is 10.1 Å². The standard InChI is InChI=1S/C21H13FN4O2S/c22-15-5-3-14(4-6-15)17-11-29-21-19(17)20(24-12-25-21)28-10-18(27)26-16-7-1-13(9-23)2-8-16/h1-8,11-12H,10H2,(H,26,27). The van der Waals surface area contributed by atoms with Crippen molar-refractivity contribution in [3.8, 4) is 23.1 Å². The van der Waals surface area contributed by atoms with E-state index in [-0.39, 0.29) is 24.2 Å². The van der Waals surface area contributed by atoms with Crippen LogP contribution in [0.25, 0.3) is 21.3 Å². The topological polar surface area (TPSA) is 87.9 Å². The highest BCUT2D eigenvalue weighted by molar-refractivity contribution is 7.17. The first-order valence-corrected chi connectivity index (χ1v) is 9.43. The van der Waals surface area contributed by atoms with Gasteiger partial charge in [0.05, 0.1) is 17.0 Å². The van der Waals surface area contributed by atoms with Gasteiger partial charge in [0.1, 0.15) is 17.0 Å². The number of nitrogens with zero attached hydrogens (tertiary/aromatic N) is 3. The number of anilines is 1. The Morgan fingerprint density at radius 2 is 1.90 bits per heavy atom. The number of benzene rings is 2. The molecule has 142 valence electrons. The first-order valence-electron chi connectivity index (χ1n) is 8.55. The maximum atomic E-state index is 13.2. The summed E-state index contributed by atoms with van der Waals surface area (Å²) in [5.41, 5.74) is 2.69. The number of hydrogen-bond donors (Lipinski definition) is 1. The van der Waals surface area contributed by atoms with E-state index in [9.17, 15) is 9.18 Å². The Hall–Kier alpha value is -3.83. The second kappa shape index (κ2) is 8.04. The highest BCUT2D eigenvalue weighted by Gasteiger charge is 2.15. The Kier molecular flexibility index (Phi) is 5.14. The summed E-state index contributed by atoms with van der Waals surface area (Å²) in [4.78, 5) is 21.3. The molecule has 29 heavy (non-hydrogen) atoms. The third-order valence-electron chi connectivity index (χ3n) is 4.13. The number of rotatable bonds is 5. The van der Waals surface area contributed by atoms with Crippen molar-refractivity contribution in [2.24, 2.45) is 0 Å². The van der Waals surface area contributed by atoms with Gasteiger partial charge in [-0.25, -0.2) is 14.4 Å². The average Bonchev–Trinajstić information content (AvgIpc) is 3.18. The summed E-state index contributed by atoms with van der Waals surface area (Å²) in [6.07, 6.45) is 1.38. The van der Waals surface area contributed by atoms with Gasteiger partial charge in [0.2, 0.25) is 5.88 Å². The second-order valence-electron chi connectivity index (χ2n) is 6.04. The highest BCUT2D eigenvalue weighted by Crippen LogP contribution is 2.37. The lowest BCUT2D eigenvalue weighted by Gasteiger charge is -2.09. The highest BCUT2D eigenvalue weighted by atomic mass is 32.1. The number of ether oxygens (including phenoxy) is 1. The largest absolute Gasteiger partial charge is 0.467 e. The van der Waals surface area contributed by atoms with Crippen molar-refractivity contribution < 1.29 is 13.9 Å². The first-order chi connectivity index (χ1) is 14.1. The zero-order valence-corrected chi connectivity index (χ0v) is 15.7. The Morgan fingerprint density at radius 1 is 1.14 bits per heavy atom. The van der Waals surface area contributed by atoms with E-state index in [1.807, 2.05) is 11.4 Å². The molecule has 0 saturated carbocycles. The number of nitriles is 1. The summed E-state index contributed by atoms with van der Waals surface area (Å²) in [5.74, 6) is -0.397. The minimum absolute atomic E-state index is 0.245. The number of hydrogen-bond acceptors (Lipinski definition) is 6. The van der Waals surface area contributed by atoms with E-state index in [0.29, 0.717) is 21.5 Å². The van der Waals surface area contributed by atoms with Crippen LogP contribution >= 0.6 is 11.3 Å². The van der Waals surface area contributed by atoms with Crippen molar-refractivity contribution >= 4 is 33.1 Å². The zero-order valence-electron chi connectivity index (χ0n) is 14.9. The van der Waals surface area contributed by atoms with Crippen LogP contribution in [0.5, 0.6) is 5.88 Å². The van der Waals surface area contributed by atoms with Gasteiger partial charge in [0.25, 0.3) is 5.91 Å². The molecule has 0 aliphatic heterocycles. The predicted octanol–water partition coefficient (Wildman–Crippen LogP) is 4.39. The first kappa shape index (κ1) is 18.5. The third kappa shape index (κ3) is 4.05. The molecule has 4 rings (SSSR count). The number of carbonyl (C=O) groups is 1. The molecule has 6 nitrogen and oxygen atoms in total. The van der Waals surface area contributed by atoms with Crippen LogP contribution < -0.4 is 10.1 Å². The molecule has 0 spiro atoms. The maximum Gasteiger partial charge on any atom is 0.262 e. The molecule has 2 aromatic heterocycles. The third-order valence-corrected chi connectivity index (χ3v) is 5.01. The molecule has 2 heterocycles. The van der Waals surface area contributed by atoms with Gasteiger partial charge in [-0.2, -0.15) is 5.26 Å². The number of carbonyl (C=O) groups excluding carboxylic acids is 1. The van der Waals surface area contributed by atoms with E-state index in [0.717, 1.165) is 11.1 Å². The van der Waals surface area contributed by atoms with Crippen molar-refractivity contribution in [2.45, 2.75) is 0 Å². The minimum Gasteiger partial charge on any atom is -0.467 e. The predicted molar refractivity (Wildman–Crippen MR) is 108 cm³/mol. The van der Waals surface area contributed by atoms with Gasteiger partial charge in [-0.3, -0.25) is 4.79 Å². The number of fused-ring (bicyclic) bond motifs is 1. The summed E-state index contributed by atoms with van der Waals surface area (Å²) in [6.45, 7) is -0.245. The van der Waals surface area contributed by atoms with Gasteiger partial charge in [-0.15, -0.1) is 11.3 Å². The second-order valence-corrected chi connectivity index (χ2v) is 6.90. The van der Waals surface area contributed by atoms with E-state index in [1.165, 1.54) is 29.8 Å². The number of aromatic nitrogens is 2. The van der Waals surface area contributed by atoms with E-state index in [2.05, 4.69) is 15.3 Å². The van der Waals surface area contributed by atoms with Crippen LogP contribution in [0.15, 0.2) is 60.2 Å². The molecule has 4 aromatic rings. The molecular formula is C21H13FN4O2S. The van der Waals surface area contributed by atoms with Crippen molar-refractivity contribution in [3.63, 3.8) is 0 Å². The molecule has 0 aliphatic carbocycles. The smallest absolute Gasteiger partial charge is 0.262 e. The molecule has 2 aromatic carbocycles. The minimum atomic E-state index is -0.361. The lowest BCUT2D eigenvalue weighted by Crippen LogP contribution is -2.20. The summed E-state index contributed by atoms with van der Waals surface area (Å²) in [6, 6.07) is 14.6. The van der Waals surface area contributed by atoms with Crippen molar-refractivity contribution in [1.82, 2.24) is 9.97 Å². The summed E-state index contributed by atoms with van der Waals surface area (Å²) >= 11 is 1.42. The van der Waals surface area contributed by atoms with Gasteiger partial charge in [-0.05, 0) is 42.0 Å². The molecule has 0 atom stereocenters. The average molecular weight is 404 g/mol. The van der Waals surface area contributed by atoms with Gasteiger partial charge in [0, 0.05) is 16.6 Å². The molecule has 0 bridgehead atoms. The Labute approximate surface area is 169 Å². The Balaban J connectivity index is 1.53. The Bertz CT molecular complexity index is 1210. The molecular weight excluding hydrogens is 391 g/mol. The lowest BCUT2D eigenvalue weighted by molar-refractivity contribution is -0.118. The van der Waals surface area contributed by atoms with Gasteiger partial charge in [-0.1, -0.05) is 12.1 Å². The van der Waals surface area contributed by atoms with E-state index >= 15 is 0 Å². The van der Waals surface area contributed by atoms with Crippen LogP contribution in [0, 0.1) is 17.1 Å².